The topological polar surface area (TPSA) is 12.0 Å². The molecule has 0 aromatic rings. The van der Waals surface area contributed by atoms with Gasteiger partial charge >= 0.3 is 6.18 Å². The molecule has 128 valence electrons. The lowest BCUT2D eigenvalue weighted by Gasteiger charge is -2.19. The number of allylic oxidation sites excluding steroid dienone is 3. The standard InChI is InChI=1S/C17H30F3NP/c1-6-9-15(10-7-2)13-21-14(4)16(17(18,19)20)11-12-22(5)8-3/h8,11-12,15,21H,6-7,9-10,13H2,1-5H3/q+1/b12-11-,16-14-. The number of halogens is 3. The van der Waals surface area contributed by atoms with E-state index in [9.17, 15) is 13.2 Å². The van der Waals surface area contributed by atoms with Crippen LogP contribution in [-0.4, -0.2) is 25.2 Å². The minimum Gasteiger partial charge on any atom is -0.388 e. The zero-order valence-electron chi connectivity index (χ0n) is 14.4. The molecular formula is C17H30F3NP+. The Balaban J connectivity index is 5.07. The Morgan fingerprint density at radius 1 is 1.18 bits per heavy atom. The number of hydrogen-bond acceptors (Lipinski definition) is 1. The molecular weight excluding hydrogens is 306 g/mol. The number of hydrogen-bond donors (Lipinski definition) is 1. The maximum Gasteiger partial charge on any atom is 0.418 e. The van der Waals surface area contributed by atoms with Crippen molar-refractivity contribution in [2.45, 2.75) is 59.6 Å². The molecule has 0 saturated heterocycles. The summed E-state index contributed by atoms with van der Waals surface area (Å²) >= 11 is 0. The number of rotatable bonds is 9. The lowest BCUT2D eigenvalue weighted by molar-refractivity contribution is -0.0892. The van der Waals surface area contributed by atoms with Crippen LogP contribution >= 0.6 is 7.55 Å². The molecule has 1 nitrogen and oxygen atoms in total. The molecule has 1 unspecified atom stereocenters. The molecule has 0 aliphatic carbocycles. The van der Waals surface area contributed by atoms with Crippen LogP contribution < -0.4 is 5.32 Å². The fraction of sp³-hybridized carbons (Fsp3) is 0.706. The average molecular weight is 336 g/mol. The van der Waals surface area contributed by atoms with Gasteiger partial charge in [0.1, 0.15) is 20.0 Å². The SMILES string of the molecule is CC=[P+](C)/C=C\C(=C(/C)NCC(CCC)CCC)C(F)(F)F. The third-order valence-corrected chi connectivity index (χ3v) is 5.08. The van der Waals surface area contributed by atoms with E-state index < -0.39 is 19.3 Å². The Morgan fingerprint density at radius 3 is 2.14 bits per heavy atom. The summed E-state index contributed by atoms with van der Waals surface area (Å²) in [5, 5.41) is 3.01. The molecule has 0 saturated carbocycles. The van der Waals surface area contributed by atoms with Crippen LogP contribution in [0.2, 0.25) is 0 Å². The van der Waals surface area contributed by atoms with Gasteiger partial charge in [0.05, 0.1) is 11.4 Å². The van der Waals surface area contributed by atoms with Gasteiger partial charge in [0, 0.05) is 12.2 Å². The first-order valence-corrected chi connectivity index (χ1v) is 9.90. The summed E-state index contributed by atoms with van der Waals surface area (Å²) in [6, 6.07) is 0. The van der Waals surface area contributed by atoms with Crippen LogP contribution in [-0.2, 0) is 0 Å². The normalized spacial score (nSPS) is 14.7. The van der Waals surface area contributed by atoms with Crippen LogP contribution in [0, 0.1) is 5.92 Å². The lowest BCUT2D eigenvalue weighted by atomic mass is 9.98. The monoisotopic (exact) mass is 336 g/mol. The minimum absolute atomic E-state index is 0.223. The average Bonchev–Trinajstić information content (AvgIpc) is 2.43. The van der Waals surface area contributed by atoms with Crippen LogP contribution in [0.4, 0.5) is 13.2 Å². The second kappa shape index (κ2) is 10.9. The van der Waals surface area contributed by atoms with Gasteiger partial charge in [0.25, 0.3) is 0 Å². The molecule has 0 amide bonds. The van der Waals surface area contributed by atoms with Gasteiger partial charge in [-0.15, -0.1) is 0 Å². The maximum atomic E-state index is 13.2. The highest BCUT2D eigenvalue weighted by Gasteiger charge is 2.34. The van der Waals surface area contributed by atoms with Crippen molar-refractivity contribution in [3.63, 3.8) is 0 Å². The fourth-order valence-electron chi connectivity index (χ4n) is 2.27. The molecule has 0 fully saturated rings. The Hall–Kier alpha value is -0.760. The van der Waals surface area contributed by atoms with Gasteiger partial charge in [-0.1, -0.05) is 26.7 Å². The molecule has 0 aliphatic rings. The fourth-order valence-corrected chi connectivity index (χ4v) is 2.82. The van der Waals surface area contributed by atoms with Crippen LogP contribution in [0.1, 0.15) is 53.4 Å². The van der Waals surface area contributed by atoms with E-state index in [1.807, 2.05) is 19.4 Å². The zero-order valence-corrected chi connectivity index (χ0v) is 15.3. The summed E-state index contributed by atoms with van der Waals surface area (Å²) < 4.78 is 39.6. The highest BCUT2D eigenvalue weighted by molar-refractivity contribution is 7.59. The molecule has 0 radical (unpaired) electrons. The van der Waals surface area contributed by atoms with Crippen molar-refractivity contribution in [3.8, 4) is 0 Å². The van der Waals surface area contributed by atoms with Crippen molar-refractivity contribution in [1.29, 1.82) is 0 Å². The van der Waals surface area contributed by atoms with Crippen molar-refractivity contribution in [3.05, 3.63) is 23.2 Å². The van der Waals surface area contributed by atoms with E-state index in [1.165, 1.54) is 13.0 Å². The first-order valence-electron chi connectivity index (χ1n) is 7.97. The zero-order chi connectivity index (χ0) is 17.2. The second-order valence-corrected chi connectivity index (χ2v) is 7.75. The van der Waals surface area contributed by atoms with E-state index in [1.54, 1.807) is 5.82 Å². The molecule has 22 heavy (non-hydrogen) atoms. The third-order valence-electron chi connectivity index (χ3n) is 3.64. The van der Waals surface area contributed by atoms with Crippen LogP contribution in [0.15, 0.2) is 23.2 Å². The Bertz CT molecular complexity index is 403. The van der Waals surface area contributed by atoms with Gasteiger partial charge in [0.2, 0.25) is 0 Å². The molecule has 0 spiro atoms. The Morgan fingerprint density at radius 2 is 1.73 bits per heavy atom. The maximum absolute atomic E-state index is 13.2. The van der Waals surface area contributed by atoms with Crippen LogP contribution in [0.25, 0.3) is 0 Å². The van der Waals surface area contributed by atoms with Crippen molar-refractivity contribution < 1.29 is 13.2 Å². The predicted octanol–water partition coefficient (Wildman–Crippen LogP) is 6.08. The van der Waals surface area contributed by atoms with Gasteiger partial charge in [-0.2, -0.15) is 13.2 Å². The van der Waals surface area contributed by atoms with Gasteiger partial charge in [-0.25, -0.2) is 0 Å². The van der Waals surface area contributed by atoms with Crippen LogP contribution in [0.5, 0.6) is 0 Å². The van der Waals surface area contributed by atoms with E-state index in [4.69, 9.17) is 0 Å². The van der Waals surface area contributed by atoms with Crippen LogP contribution in [0.3, 0.4) is 0 Å². The second-order valence-electron chi connectivity index (χ2n) is 5.60. The predicted molar refractivity (Wildman–Crippen MR) is 93.8 cm³/mol. The molecule has 1 N–H and O–H groups in total. The van der Waals surface area contributed by atoms with Crippen molar-refractivity contribution in [2.75, 3.05) is 13.2 Å². The van der Waals surface area contributed by atoms with Crippen molar-refractivity contribution >= 4 is 13.3 Å². The van der Waals surface area contributed by atoms with Crippen molar-refractivity contribution in [1.82, 2.24) is 5.32 Å². The highest BCUT2D eigenvalue weighted by atomic mass is 31.1. The summed E-state index contributed by atoms with van der Waals surface area (Å²) in [5.41, 5.74) is -0.337. The summed E-state index contributed by atoms with van der Waals surface area (Å²) in [4.78, 5) is 0. The first kappa shape index (κ1) is 21.2. The van der Waals surface area contributed by atoms with E-state index in [2.05, 4.69) is 19.2 Å². The van der Waals surface area contributed by atoms with E-state index in [0.29, 0.717) is 12.5 Å². The largest absolute Gasteiger partial charge is 0.418 e. The van der Waals surface area contributed by atoms with Crippen molar-refractivity contribution in [2.24, 2.45) is 5.92 Å². The van der Waals surface area contributed by atoms with E-state index in [-0.39, 0.29) is 5.70 Å². The molecule has 0 aromatic carbocycles. The van der Waals surface area contributed by atoms with E-state index >= 15 is 0 Å². The summed E-state index contributed by atoms with van der Waals surface area (Å²) in [6.45, 7) is 10.2. The molecule has 0 aromatic heterocycles. The third kappa shape index (κ3) is 8.63. The molecule has 5 heteroatoms. The number of alkyl halides is 3. The van der Waals surface area contributed by atoms with Gasteiger partial charge in [-0.05, 0) is 38.7 Å². The molecule has 0 heterocycles. The summed E-state index contributed by atoms with van der Waals surface area (Å²) in [5.74, 6) is 4.02. The first-order chi connectivity index (χ1) is 10.3. The van der Waals surface area contributed by atoms with E-state index in [0.717, 1.165) is 25.7 Å². The number of nitrogens with one attached hydrogen (secondary N) is 1. The molecule has 0 rings (SSSR count). The highest BCUT2D eigenvalue weighted by Crippen LogP contribution is 2.31. The quantitative estimate of drug-likeness (QED) is 0.398. The molecule has 0 aliphatic heterocycles. The van der Waals surface area contributed by atoms with Gasteiger partial charge in [-0.3, -0.25) is 0 Å². The summed E-state index contributed by atoms with van der Waals surface area (Å²) in [7, 11) is -0.583. The smallest absolute Gasteiger partial charge is 0.388 e. The Kier molecular flexibility index (Phi) is 10.5. The minimum atomic E-state index is -4.32. The summed E-state index contributed by atoms with van der Waals surface area (Å²) in [6.07, 6.45) is 1.14. The van der Waals surface area contributed by atoms with Gasteiger partial charge < -0.3 is 5.32 Å². The molecule has 0 bridgehead atoms. The van der Waals surface area contributed by atoms with Gasteiger partial charge in [0.15, 0.2) is 0 Å². The molecule has 1 atom stereocenters. The Labute approximate surface area is 134 Å². The lowest BCUT2D eigenvalue weighted by Crippen LogP contribution is -2.25.